The van der Waals surface area contributed by atoms with Crippen LogP contribution in [0.2, 0.25) is 0 Å². The van der Waals surface area contributed by atoms with Crippen LogP contribution in [-0.4, -0.2) is 6.61 Å². The molecule has 4 heteroatoms. The summed E-state index contributed by atoms with van der Waals surface area (Å²) >= 11 is 0. The number of hydrogen-bond donors (Lipinski definition) is 0. The normalized spacial score (nSPS) is 11.1. The fourth-order valence-corrected chi connectivity index (χ4v) is 4.56. The van der Waals surface area contributed by atoms with E-state index in [1.165, 1.54) is 17.2 Å². The van der Waals surface area contributed by atoms with E-state index in [0.717, 1.165) is 42.4 Å². The Labute approximate surface area is 217 Å². The zero-order chi connectivity index (χ0) is 26.2. The summed E-state index contributed by atoms with van der Waals surface area (Å²) in [4.78, 5) is 0. The Hall–Kier alpha value is -3.53. The highest BCUT2D eigenvalue weighted by molar-refractivity contribution is 5.64. The van der Waals surface area contributed by atoms with Crippen LogP contribution in [0.5, 0.6) is 5.75 Å². The van der Waals surface area contributed by atoms with Gasteiger partial charge in [-0.05, 0) is 84.5 Å². The number of aryl methyl sites for hydroxylation is 5. The Bertz CT molecular complexity index is 1310. The van der Waals surface area contributed by atoms with Crippen LogP contribution in [0.3, 0.4) is 0 Å². The highest BCUT2D eigenvalue weighted by Crippen LogP contribution is 2.26. The Balaban J connectivity index is 1.36. The largest absolute Gasteiger partial charge is 0.491 e. The molecule has 0 aliphatic carbocycles. The number of halogens is 3. The van der Waals surface area contributed by atoms with Crippen LogP contribution in [0.15, 0.2) is 78.9 Å². The van der Waals surface area contributed by atoms with E-state index in [1.54, 1.807) is 19.1 Å². The molecular weight excluding hydrogens is 469 g/mol. The van der Waals surface area contributed by atoms with Crippen molar-refractivity contribution in [3.05, 3.63) is 124 Å². The average molecular weight is 503 g/mol. The van der Waals surface area contributed by atoms with Gasteiger partial charge in [-0.1, -0.05) is 80.1 Å². The lowest BCUT2D eigenvalue weighted by Gasteiger charge is -2.10. The Morgan fingerprint density at radius 2 is 1.14 bits per heavy atom. The molecule has 192 valence electrons. The minimum Gasteiger partial charge on any atom is -0.491 e. The standard InChI is InChI=1S/C33H33F3O/c1-3-5-23-6-8-24(9-7-23)10-11-26-15-20-29(30(34)22-26)27-16-12-25(13-17-27)14-18-28-19-21-31(37-4-2)33(36)32(28)35/h6-9,12-13,15-17,19-22H,3-5,10-11,14,18H2,1-2H3. The van der Waals surface area contributed by atoms with E-state index >= 15 is 0 Å². The quantitative estimate of drug-likeness (QED) is 0.199. The van der Waals surface area contributed by atoms with Crippen LogP contribution >= 0.6 is 0 Å². The van der Waals surface area contributed by atoms with Gasteiger partial charge in [0, 0.05) is 5.56 Å². The van der Waals surface area contributed by atoms with Crippen molar-refractivity contribution in [3.8, 4) is 16.9 Å². The molecular formula is C33H33F3O. The molecule has 0 aliphatic heterocycles. The number of ether oxygens (including phenoxy) is 1. The molecule has 0 saturated heterocycles. The van der Waals surface area contributed by atoms with Gasteiger partial charge < -0.3 is 4.74 Å². The minimum atomic E-state index is -0.946. The molecule has 4 aromatic carbocycles. The first-order valence-electron chi connectivity index (χ1n) is 13.0. The van der Waals surface area contributed by atoms with Gasteiger partial charge in [0.2, 0.25) is 5.82 Å². The maximum Gasteiger partial charge on any atom is 0.200 e. The van der Waals surface area contributed by atoms with E-state index in [-0.39, 0.29) is 18.2 Å². The summed E-state index contributed by atoms with van der Waals surface area (Å²) in [6.45, 7) is 4.18. The summed E-state index contributed by atoms with van der Waals surface area (Å²) < 4.78 is 48.5. The molecule has 0 amide bonds. The number of benzene rings is 4. The van der Waals surface area contributed by atoms with E-state index in [1.807, 2.05) is 36.4 Å². The van der Waals surface area contributed by atoms with Gasteiger partial charge in [0.15, 0.2) is 11.6 Å². The predicted octanol–water partition coefficient (Wildman–Crippen LogP) is 8.69. The summed E-state index contributed by atoms with van der Waals surface area (Å²) in [5, 5.41) is 0. The van der Waals surface area contributed by atoms with Gasteiger partial charge in [-0.3, -0.25) is 0 Å². The first kappa shape index (κ1) is 26.5. The lowest BCUT2D eigenvalue weighted by Crippen LogP contribution is -2.02. The van der Waals surface area contributed by atoms with Crippen LogP contribution in [0.1, 0.15) is 48.1 Å². The molecule has 1 nitrogen and oxygen atoms in total. The summed E-state index contributed by atoms with van der Waals surface area (Å²) in [6, 6.07) is 24.7. The molecule has 0 aliphatic rings. The fourth-order valence-electron chi connectivity index (χ4n) is 4.56. The van der Waals surface area contributed by atoms with E-state index in [0.29, 0.717) is 24.0 Å². The Morgan fingerprint density at radius 1 is 0.568 bits per heavy atom. The van der Waals surface area contributed by atoms with E-state index in [2.05, 4.69) is 31.2 Å². The van der Waals surface area contributed by atoms with Crippen molar-refractivity contribution in [2.75, 3.05) is 6.61 Å². The summed E-state index contributed by atoms with van der Waals surface area (Å²) in [7, 11) is 0. The smallest absolute Gasteiger partial charge is 0.200 e. The molecule has 0 N–H and O–H groups in total. The van der Waals surface area contributed by atoms with Crippen molar-refractivity contribution in [1.82, 2.24) is 0 Å². The third-order valence-electron chi connectivity index (χ3n) is 6.67. The average Bonchev–Trinajstić information content (AvgIpc) is 2.91. The third kappa shape index (κ3) is 6.82. The first-order chi connectivity index (χ1) is 18.0. The SMILES string of the molecule is CCCc1ccc(CCc2ccc(-c3ccc(CCc4ccc(OCC)c(F)c4F)cc3)c(F)c2)cc1. The van der Waals surface area contributed by atoms with E-state index < -0.39 is 11.6 Å². The van der Waals surface area contributed by atoms with Crippen molar-refractivity contribution >= 4 is 0 Å². The van der Waals surface area contributed by atoms with Crippen LogP contribution in [0.4, 0.5) is 13.2 Å². The van der Waals surface area contributed by atoms with Gasteiger partial charge in [-0.25, -0.2) is 8.78 Å². The van der Waals surface area contributed by atoms with E-state index in [9.17, 15) is 13.2 Å². The van der Waals surface area contributed by atoms with Crippen LogP contribution in [0, 0.1) is 17.5 Å². The summed E-state index contributed by atoms with van der Waals surface area (Å²) in [5.41, 5.74) is 6.21. The van der Waals surface area contributed by atoms with Crippen LogP contribution < -0.4 is 4.74 Å². The highest BCUT2D eigenvalue weighted by atomic mass is 19.2. The lowest BCUT2D eigenvalue weighted by atomic mass is 9.97. The topological polar surface area (TPSA) is 9.23 Å². The second-order valence-electron chi connectivity index (χ2n) is 9.36. The van der Waals surface area contributed by atoms with Crippen LogP contribution in [-0.2, 0) is 32.1 Å². The molecule has 0 fully saturated rings. The molecule has 0 bridgehead atoms. The fraction of sp³-hybridized carbons (Fsp3) is 0.273. The van der Waals surface area contributed by atoms with Crippen LogP contribution in [0.25, 0.3) is 11.1 Å². The molecule has 4 aromatic rings. The van der Waals surface area contributed by atoms with Crippen molar-refractivity contribution < 1.29 is 17.9 Å². The minimum absolute atomic E-state index is 0.0674. The van der Waals surface area contributed by atoms with Gasteiger partial charge in [-0.2, -0.15) is 4.39 Å². The van der Waals surface area contributed by atoms with Gasteiger partial charge in [-0.15, -0.1) is 0 Å². The van der Waals surface area contributed by atoms with Crippen molar-refractivity contribution in [3.63, 3.8) is 0 Å². The Morgan fingerprint density at radius 3 is 1.76 bits per heavy atom. The van der Waals surface area contributed by atoms with E-state index in [4.69, 9.17) is 4.74 Å². The van der Waals surface area contributed by atoms with Gasteiger partial charge in [0.1, 0.15) is 5.82 Å². The third-order valence-corrected chi connectivity index (χ3v) is 6.67. The second-order valence-corrected chi connectivity index (χ2v) is 9.36. The number of rotatable bonds is 11. The Kier molecular flexibility index (Phi) is 9.05. The summed E-state index contributed by atoms with van der Waals surface area (Å²) in [5.74, 6) is -2.12. The zero-order valence-corrected chi connectivity index (χ0v) is 21.5. The van der Waals surface area contributed by atoms with Crippen molar-refractivity contribution in [2.24, 2.45) is 0 Å². The molecule has 37 heavy (non-hydrogen) atoms. The predicted molar refractivity (Wildman–Crippen MR) is 145 cm³/mol. The maximum atomic E-state index is 15.0. The second kappa shape index (κ2) is 12.6. The molecule has 4 rings (SSSR count). The molecule has 0 aromatic heterocycles. The molecule has 0 atom stereocenters. The monoisotopic (exact) mass is 502 g/mol. The molecule has 0 radical (unpaired) electrons. The van der Waals surface area contributed by atoms with Gasteiger partial charge in [0.25, 0.3) is 0 Å². The summed E-state index contributed by atoms with van der Waals surface area (Å²) in [6.07, 6.45) is 4.79. The van der Waals surface area contributed by atoms with Crippen molar-refractivity contribution in [2.45, 2.75) is 52.4 Å². The lowest BCUT2D eigenvalue weighted by molar-refractivity contribution is 0.313. The van der Waals surface area contributed by atoms with Gasteiger partial charge >= 0.3 is 0 Å². The van der Waals surface area contributed by atoms with Gasteiger partial charge in [0.05, 0.1) is 6.61 Å². The highest BCUT2D eigenvalue weighted by Gasteiger charge is 2.14. The maximum absolute atomic E-state index is 15.0. The number of hydrogen-bond acceptors (Lipinski definition) is 1. The molecule has 0 spiro atoms. The molecule has 0 saturated carbocycles. The van der Waals surface area contributed by atoms with Crippen molar-refractivity contribution in [1.29, 1.82) is 0 Å². The molecule has 0 unspecified atom stereocenters. The first-order valence-corrected chi connectivity index (χ1v) is 13.0. The zero-order valence-electron chi connectivity index (χ0n) is 21.5. The molecule has 0 heterocycles.